The third kappa shape index (κ3) is 2.42. The van der Waals surface area contributed by atoms with Gasteiger partial charge in [-0.05, 0) is 31.6 Å². The van der Waals surface area contributed by atoms with Gasteiger partial charge in [0.15, 0.2) is 10.4 Å². The van der Waals surface area contributed by atoms with E-state index in [1.165, 1.54) is 0 Å². The van der Waals surface area contributed by atoms with E-state index in [1.807, 2.05) is 28.7 Å². The zero-order valence-electron chi connectivity index (χ0n) is 12.6. The van der Waals surface area contributed by atoms with Crippen LogP contribution in [-0.2, 0) is 20.0 Å². The van der Waals surface area contributed by atoms with Crippen LogP contribution in [0.1, 0.15) is 32.0 Å². The molecule has 1 unspecified atom stereocenters. The van der Waals surface area contributed by atoms with E-state index in [4.69, 9.17) is 12.2 Å². The molecule has 0 saturated heterocycles. The van der Waals surface area contributed by atoms with Crippen molar-refractivity contribution < 1.29 is 0 Å². The fraction of sp³-hybridized carbons (Fsp3) is 0.500. The fourth-order valence-corrected chi connectivity index (χ4v) is 3.19. The molecule has 21 heavy (non-hydrogen) atoms. The van der Waals surface area contributed by atoms with Crippen LogP contribution in [0.4, 0.5) is 0 Å². The van der Waals surface area contributed by atoms with Crippen molar-refractivity contribution in [1.29, 1.82) is 0 Å². The van der Waals surface area contributed by atoms with E-state index in [2.05, 4.69) is 33.6 Å². The monoisotopic (exact) mass is 304 g/mol. The van der Waals surface area contributed by atoms with E-state index >= 15 is 0 Å². The molecule has 1 N–H and O–H groups in total. The summed E-state index contributed by atoms with van der Waals surface area (Å²) in [7, 11) is 1.97. The summed E-state index contributed by atoms with van der Waals surface area (Å²) in [5, 5.41) is 8.89. The highest BCUT2D eigenvalue weighted by Gasteiger charge is 2.18. The summed E-state index contributed by atoms with van der Waals surface area (Å²) in [6.45, 7) is 5.09. The van der Waals surface area contributed by atoms with Crippen LogP contribution >= 0.6 is 12.2 Å². The number of aryl methyl sites for hydroxylation is 2. The molecule has 0 amide bonds. The van der Waals surface area contributed by atoms with E-state index in [-0.39, 0.29) is 6.04 Å². The zero-order valence-corrected chi connectivity index (χ0v) is 13.4. The second-order valence-corrected chi connectivity index (χ2v) is 5.78. The maximum Gasteiger partial charge on any atom is 0.179 e. The third-order valence-corrected chi connectivity index (χ3v) is 4.01. The van der Waals surface area contributed by atoms with Crippen molar-refractivity contribution in [2.45, 2.75) is 39.3 Å². The third-order valence-electron chi connectivity index (χ3n) is 3.71. The molecule has 112 valence electrons. The molecule has 3 aromatic rings. The Kier molecular flexibility index (Phi) is 3.67. The molecule has 3 heterocycles. The van der Waals surface area contributed by atoms with Gasteiger partial charge in [-0.3, -0.25) is 13.9 Å². The average molecular weight is 304 g/mol. The molecule has 1 atom stereocenters. The largest absolute Gasteiger partial charge is 0.328 e. The second-order valence-electron chi connectivity index (χ2n) is 5.40. The minimum atomic E-state index is 0.205. The summed E-state index contributed by atoms with van der Waals surface area (Å²) in [5.41, 5.74) is 3.21. The van der Waals surface area contributed by atoms with Gasteiger partial charge in [0.2, 0.25) is 0 Å². The summed E-state index contributed by atoms with van der Waals surface area (Å²) in [5.74, 6) is 0. The Bertz CT molecular complexity index is 792. The fourth-order valence-electron chi connectivity index (χ4n) is 2.82. The number of nitrogens with zero attached hydrogens (tertiary/aromatic N) is 5. The van der Waals surface area contributed by atoms with Gasteiger partial charge in [0.05, 0.1) is 18.3 Å². The highest BCUT2D eigenvalue weighted by molar-refractivity contribution is 7.71. The quantitative estimate of drug-likeness (QED) is 0.737. The van der Waals surface area contributed by atoms with Crippen LogP contribution in [0, 0.1) is 4.77 Å². The van der Waals surface area contributed by atoms with Crippen LogP contribution in [-0.4, -0.2) is 29.1 Å². The number of imidazole rings is 1. The molecular weight excluding hydrogens is 284 g/mol. The summed E-state index contributed by atoms with van der Waals surface area (Å²) >= 11 is 5.52. The van der Waals surface area contributed by atoms with Crippen molar-refractivity contribution in [2.75, 3.05) is 0 Å². The minimum Gasteiger partial charge on any atom is -0.328 e. The first-order valence-electron chi connectivity index (χ1n) is 7.25. The number of nitrogens with one attached hydrogen (secondary N) is 1. The average Bonchev–Trinajstić information content (AvgIpc) is 3.10. The lowest BCUT2D eigenvalue weighted by Crippen LogP contribution is -2.15. The summed E-state index contributed by atoms with van der Waals surface area (Å²) in [6.07, 6.45) is 5.79. The zero-order chi connectivity index (χ0) is 15.0. The number of fused-ring (bicyclic) bond motifs is 1. The Balaban J connectivity index is 2.05. The van der Waals surface area contributed by atoms with Crippen LogP contribution < -0.4 is 0 Å². The van der Waals surface area contributed by atoms with Gasteiger partial charge in [0, 0.05) is 19.4 Å². The Morgan fingerprint density at radius 2 is 2.24 bits per heavy atom. The molecule has 0 fully saturated rings. The van der Waals surface area contributed by atoms with Gasteiger partial charge >= 0.3 is 0 Å². The number of H-pyrrole nitrogens is 1. The van der Waals surface area contributed by atoms with Gasteiger partial charge in [0.25, 0.3) is 0 Å². The van der Waals surface area contributed by atoms with Gasteiger partial charge in [-0.1, -0.05) is 13.3 Å². The highest BCUT2D eigenvalue weighted by atomic mass is 32.1. The molecule has 3 aromatic heterocycles. The van der Waals surface area contributed by atoms with Gasteiger partial charge in [0.1, 0.15) is 5.52 Å². The van der Waals surface area contributed by atoms with Crippen molar-refractivity contribution in [2.24, 2.45) is 7.05 Å². The molecule has 0 aromatic carbocycles. The minimum absolute atomic E-state index is 0.205. The molecule has 0 radical (unpaired) electrons. The van der Waals surface area contributed by atoms with E-state index in [9.17, 15) is 0 Å². The first-order chi connectivity index (χ1) is 10.1. The molecule has 0 bridgehead atoms. The van der Waals surface area contributed by atoms with Crippen molar-refractivity contribution in [3.8, 4) is 0 Å². The normalized spacial score (nSPS) is 13.1. The van der Waals surface area contributed by atoms with E-state index in [0.717, 1.165) is 41.0 Å². The lowest BCUT2D eigenvalue weighted by Gasteiger charge is -2.14. The maximum absolute atomic E-state index is 5.52. The van der Waals surface area contributed by atoms with E-state index < -0.39 is 0 Å². The number of hydrogen-bond acceptors (Lipinski definition) is 3. The molecule has 6 nitrogen and oxygen atoms in total. The molecule has 3 rings (SSSR count). The Labute approximate surface area is 128 Å². The molecule has 0 aliphatic carbocycles. The Morgan fingerprint density at radius 1 is 1.43 bits per heavy atom. The van der Waals surface area contributed by atoms with E-state index in [0.29, 0.717) is 0 Å². The van der Waals surface area contributed by atoms with Gasteiger partial charge < -0.3 is 4.98 Å². The van der Waals surface area contributed by atoms with Crippen molar-refractivity contribution in [3.05, 3.63) is 28.9 Å². The predicted octanol–water partition coefficient (Wildman–Crippen LogP) is 2.84. The van der Waals surface area contributed by atoms with Crippen LogP contribution in [0.15, 0.2) is 18.5 Å². The maximum atomic E-state index is 5.52. The molecule has 0 saturated carbocycles. The van der Waals surface area contributed by atoms with Gasteiger partial charge in [-0.25, -0.2) is 0 Å². The van der Waals surface area contributed by atoms with Crippen molar-refractivity contribution >= 4 is 23.4 Å². The predicted molar refractivity (Wildman–Crippen MR) is 84.8 cm³/mol. The van der Waals surface area contributed by atoms with Crippen molar-refractivity contribution in [3.63, 3.8) is 0 Å². The molecule has 0 aliphatic heterocycles. The number of hydrogen-bond donors (Lipinski definition) is 1. The van der Waals surface area contributed by atoms with Crippen LogP contribution in [0.2, 0.25) is 0 Å². The van der Waals surface area contributed by atoms with Crippen molar-refractivity contribution in [1.82, 2.24) is 29.1 Å². The van der Waals surface area contributed by atoms with Crippen LogP contribution in [0.25, 0.3) is 11.2 Å². The second kappa shape index (κ2) is 5.48. The molecule has 7 heteroatoms. The standard InChI is InChI=1S/C14H20N6S/c1-4-6-11-12-13(18(3)17-11)20(14(21)16-12)10(2)9-19-8-5-7-15-19/h5,7-8,10H,4,6,9H2,1-3H3,(H,16,21). The first-order valence-corrected chi connectivity index (χ1v) is 7.66. The number of aromatic amines is 1. The molecule has 0 aliphatic rings. The van der Waals surface area contributed by atoms with Gasteiger partial charge in [-0.15, -0.1) is 0 Å². The number of rotatable bonds is 5. The highest BCUT2D eigenvalue weighted by Crippen LogP contribution is 2.23. The summed E-state index contributed by atoms with van der Waals surface area (Å²) in [6, 6.07) is 2.14. The van der Waals surface area contributed by atoms with Crippen LogP contribution in [0.5, 0.6) is 0 Å². The molecular formula is C14H20N6S. The number of aromatic nitrogens is 6. The topological polar surface area (TPSA) is 56.4 Å². The lowest BCUT2D eigenvalue weighted by molar-refractivity contribution is 0.436. The molecule has 0 spiro atoms. The smallest absolute Gasteiger partial charge is 0.179 e. The Morgan fingerprint density at radius 3 is 2.90 bits per heavy atom. The first kappa shape index (κ1) is 14.1. The summed E-state index contributed by atoms with van der Waals surface area (Å²) in [4.78, 5) is 3.33. The van der Waals surface area contributed by atoms with Gasteiger partial charge in [-0.2, -0.15) is 10.2 Å². The van der Waals surface area contributed by atoms with Crippen LogP contribution in [0.3, 0.4) is 0 Å². The SMILES string of the molecule is CCCc1nn(C)c2c1[nH]c(=S)n2C(C)Cn1cccn1. The lowest BCUT2D eigenvalue weighted by atomic mass is 10.2. The van der Waals surface area contributed by atoms with E-state index in [1.54, 1.807) is 6.20 Å². The summed E-state index contributed by atoms with van der Waals surface area (Å²) < 4.78 is 6.73. The Hall–Kier alpha value is -1.89.